The third-order valence-corrected chi connectivity index (χ3v) is 6.45. The van der Waals surface area contributed by atoms with Crippen LogP contribution in [-0.4, -0.2) is 40.1 Å². The molecule has 146 valence electrons. The molecule has 1 aliphatic carbocycles. The molecule has 3 rings (SSSR count). The van der Waals surface area contributed by atoms with E-state index in [9.17, 15) is 8.42 Å². The van der Waals surface area contributed by atoms with Gasteiger partial charge >= 0.3 is 0 Å². The van der Waals surface area contributed by atoms with E-state index in [0.717, 1.165) is 24.2 Å². The number of benzene rings is 2. The monoisotopic (exact) mass is 388 g/mol. The van der Waals surface area contributed by atoms with Gasteiger partial charge in [0.05, 0.1) is 11.0 Å². The Hall–Kier alpha value is -1.89. The quantitative estimate of drug-likeness (QED) is 0.751. The number of likely N-dealkylation sites (N-methyl/N-ethyl adjacent to an activating group) is 1. The minimum absolute atomic E-state index is 0.0362. The summed E-state index contributed by atoms with van der Waals surface area (Å²) in [5.41, 5.74) is 1.07. The van der Waals surface area contributed by atoms with Gasteiger partial charge in [-0.15, -0.1) is 0 Å². The Balaban J connectivity index is 1.64. The first-order valence-corrected chi connectivity index (χ1v) is 10.9. The smallest absolute Gasteiger partial charge is 0.240 e. The van der Waals surface area contributed by atoms with Crippen molar-refractivity contribution in [3.8, 4) is 5.75 Å². The van der Waals surface area contributed by atoms with Gasteiger partial charge in [-0.05, 0) is 69.6 Å². The molecule has 5 nitrogen and oxygen atoms in total. The highest BCUT2D eigenvalue weighted by molar-refractivity contribution is 7.89. The fourth-order valence-corrected chi connectivity index (χ4v) is 4.48. The molecule has 0 aromatic heterocycles. The molecule has 0 heterocycles. The summed E-state index contributed by atoms with van der Waals surface area (Å²) in [5.74, 6) is 0.733. The normalized spacial score (nSPS) is 16.6. The van der Waals surface area contributed by atoms with Gasteiger partial charge in [-0.1, -0.05) is 30.3 Å². The number of hydrogen-bond acceptors (Lipinski definition) is 4. The maximum atomic E-state index is 12.7. The second kappa shape index (κ2) is 8.87. The first-order chi connectivity index (χ1) is 13.0. The Bertz CT molecular complexity index is 814. The van der Waals surface area contributed by atoms with Crippen molar-refractivity contribution in [1.29, 1.82) is 0 Å². The molecule has 0 radical (unpaired) electrons. The van der Waals surface area contributed by atoms with Gasteiger partial charge in [0.1, 0.15) is 5.75 Å². The Kier molecular flexibility index (Phi) is 6.52. The summed E-state index contributed by atoms with van der Waals surface area (Å²) in [7, 11) is 0.318. The number of sulfonamides is 1. The van der Waals surface area contributed by atoms with Crippen molar-refractivity contribution in [3.63, 3.8) is 0 Å². The van der Waals surface area contributed by atoms with Gasteiger partial charge in [-0.25, -0.2) is 13.1 Å². The Morgan fingerprint density at radius 1 is 1.04 bits per heavy atom. The van der Waals surface area contributed by atoms with Crippen molar-refractivity contribution in [2.45, 2.75) is 42.7 Å². The van der Waals surface area contributed by atoms with Gasteiger partial charge in [0.2, 0.25) is 10.0 Å². The largest absolute Gasteiger partial charge is 0.490 e. The molecule has 2 aromatic rings. The lowest BCUT2D eigenvalue weighted by Crippen LogP contribution is -2.34. The van der Waals surface area contributed by atoms with Gasteiger partial charge in [-0.2, -0.15) is 0 Å². The van der Waals surface area contributed by atoms with Crippen LogP contribution >= 0.6 is 0 Å². The predicted octanol–water partition coefficient (Wildman–Crippen LogP) is 3.59. The zero-order chi connectivity index (χ0) is 19.3. The van der Waals surface area contributed by atoms with E-state index in [4.69, 9.17) is 4.74 Å². The highest BCUT2D eigenvalue weighted by atomic mass is 32.2. The van der Waals surface area contributed by atoms with Crippen molar-refractivity contribution in [1.82, 2.24) is 9.62 Å². The minimum Gasteiger partial charge on any atom is -0.490 e. The molecule has 1 atom stereocenters. The Labute approximate surface area is 162 Å². The second-order valence-electron chi connectivity index (χ2n) is 7.24. The van der Waals surface area contributed by atoms with E-state index in [1.54, 1.807) is 24.3 Å². The molecular formula is C21H28N2O3S. The number of nitrogens with zero attached hydrogens (tertiary/aromatic N) is 1. The van der Waals surface area contributed by atoms with E-state index < -0.39 is 10.0 Å². The summed E-state index contributed by atoms with van der Waals surface area (Å²) in [6, 6.07) is 16.6. The molecule has 27 heavy (non-hydrogen) atoms. The lowest BCUT2D eigenvalue weighted by molar-refractivity contribution is 0.210. The highest BCUT2D eigenvalue weighted by Gasteiger charge is 2.20. The molecule has 0 bridgehead atoms. The van der Waals surface area contributed by atoms with Crippen LogP contribution in [0.2, 0.25) is 0 Å². The van der Waals surface area contributed by atoms with E-state index in [1.165, 1.54) is 12.8 Å². The lowest BCUT2D eigenvalue weighted by atomic mass is 10.1. The highest BCUT2D eigenvalue weighted by Crippen LogP contribution is 2.25. The van der Waals surface area contributed by atoms with E-state index in [0.29, 0.717) is 6.54 Å². The average molecular weight is 389 g/mol. The van der Waals surface area contributed by atoms with E-state index in [1.807, 2.05) is 49.3 Å². The first kappa shape index (κ1) is 19.9. The number of ether oxygens (including phenoxy) is 1. The van der Waals surface area contributed by atoms with Crippen LogP contribution in [0.1, 0.15) is 37.3 Å². The molecule has 1 fully saturated rings. The Morgan fingerprint density at radius 2 is 1.67 bits per heavy atom. The molecule has 2 aromatic carbocycles. The minimum atomic E-state index is -3.57. The molecule has 0 aliphatic heterocycles. The molecule has 6 heteroatoms. The fraction of sp³-hybridized carbons (Fsp3) is 0.429. The van der Waals surface area contributed by atoms with Crippen LogP contribution in [0.4, 0.5) is 0 Å². The summed E-state index contributed by atoms with van der Waals surface area (Å²) in [6.45, 7) is 0.305. The second-order valence-corrected chi connectivity index (χ2v) is 9.00. The lowest BCUT2D eigenvalue weighted by Gasteiger charge is -2.25. The van der Waals surface area contributed by atoms with E-state index in [2.05, 4.69) is 4.72 Å². The zero-order valence-corrected chi connectivity index (χ0v) is 16.8. The van der Waals surface area contributed by atoms with Crippen LogP contribution in [0.3, 0.4) is 0 Å². The van der Waals surface area contributed by atoms with Gasteiger partial charge in [0.25, 0.3) is 0 Å². The van der Waals surface area contributed by atoms with Crippen LogP contribution < -0.4 is 9.46 Å². The molecule has 0 amide bonds. The van der Waals surface area contributed by atoms with Crippen molar-refractivity contribution >= 4 is 10.0 Å². The maximum absolute atomic E-state index is 12.7. The van der Waals surface area contributed by atoms with Gasteiger partial charge in [-0.3, -0.25) is 0 Å². The van der Waals surface area contributed by atoms with Gasteiger partial charge in [0.15, 0.2) is 0 Å². The average Bonchev–Trinajstić information content (AvgIpc) is 3.16. The molecule has 1 unspecified atom stereocenters. The van der Waals surface area contributed by atoms with Crippen LogP contribution in [-0.2, 0) is 10.0 Å². The molecule has 1 N–H and O–H groups in total. The summed E-state index contributed by atoms with van der Waals surface area (Å²) in [5, 5.41) is 0. The SMILES string of the molecule is CN(C)C(CNS(=O)(=O)c1ccc(OC2CCCC2)cc1)c1ccccc1. The van der Waals surface area contributed by atoms with E-state index in [-0.39, 0.29) is 17.0 Å². The number of rotatable bonds is 8. The molecular weight excluding hydrogens is 360 g/mol. The number of nitrogens with one attached hydrogen (secondary N) is 1. The van der Waals surface area contributed by atoms with Gasteiger partial charge in [0, 0.05) is 12.6 Å². The third-order valence-electron chi connectivity index (χ3n) is 5.01. The summed E-state index contributed by atoms with van der Waals surface area (Å²) in [4.78, 5) is 2.27. The molecule has 1 aliphatic rings. The maximum Gasteiger partial charge on any atom is 0.240 e. The topological polar surface area (TPSA) is 58.6 Å². The van der Waals surface area contributed by atoms with Crippen molar-refractivity contribution < 1.29 is 13.2 Å². The van der Waals surface area contributed by atoms with Crippen molar-refractivity contribution in [2.75, 3.05) is 20.6 Å². The van der Waals surface area contributed by atoms with Crippen LogP contribution in [0.15, 0.2) is 59.5 Å². The predicted molar refractivity (Wildman–Crippen MR) is 107 cm³/mol. The summed E-state index contributed by atoms with van der Waals surface area (Å²) >= 11 is 0. The zero-order valence-electron chi connectivity index (χ0n) is 16.0. The molecule has 1 saturated carbocycles. The standard InChI is InChI=1S/C21H28N2O3S/c1-23(2)21(17-8-4-3-5-9-17)16-22-27(24,25)20-14-12-19(13-15-20)26-18-10-6-7-11-18/h3-5,8-9,12-15,18,21-22H,6-7,10-11,16H2,1-2H3. The molecule has 0 saturated heterocycles. The van der Waals surface area contributed by atoms with E-state index >= 15 is 0 Å². The summed E-state index contributed by atoms with van der Waals surface area (Å²) in [6.07, 6.45) is 4.82. The van der Waals surface area contributed by atoms with Crippen LogP contribution in [0.25, 0.3) is 0 Å². The van der Waals surface area contributed by atoms with Crippen LogP contribution in [0.5, 0.6) is 5.75 Å². The number of hydrogen-bond donors (Lipinski definition) is 1. The van der Waals surface area contributed by atoms with Gasteiger partial charge < -0.3 is 9.64 Å². The Morgan fingerprint density at radius 3 is 2.26 bits per heavy atom. The fourth-order valence-electron chi connectivity index (χ4n) is 3.44. The molecule has 0 spiro atoms. The van der Waals surface area contributed by atoms with Crippen LogP contribution in [0, 0.1) is 0 Å². The summed E-state index contributed by atoms with van der Waals surface area (Å²) < 4.78 is 34.0. The van der Waals surface area contributed by atoms with Crippen molar-refractivity contribution in [3.05, 3.63) is 60.2 Å². The van der Waals surface area contributed by atoms with Crippen molar-refractivity contribution in [2.24, 2.45) is 0 Å². The third kappa shape index (κ3) is 5.31. The first-order valence-electron chi connectivity index (χ1n) is 9.43.